The van der Waals surface area contributed by atoms with Gasteiger partial charge in [-0.3, -0.25) is 4.79 Å². The fourth-order valence-electron chi connectivity index (χ4n) is 2.02. The Morgan fingerprint density at radius 1 is 1.38 bits per heavy atom. The summed E-state index contributed by atoms with van der Waals surface area (Å²) in [5.41, 5.74) is 2.02. The van der Waals surface area contributed by atoms with Gasteiger partial charge in [-0.2, -0.15) is 5.26 Å². The van der Waals surface area contributed by atoms with Gasteiger partial charge in [-0.15, -0.1) is 0 Å². The molecule has 0 radical (unpaired) electrons. The molecule has 2 aromatic rings. The lowest BCUT2D eigenvalue weighted by Crippen LogP contribution is -2.14. The van der Waals surface area contributed by atoms with Gasteiger partial charge >= 0.3 is 0 Å². The summed E-state index contributed by atoms with van der Waals surface area (Å²) >= 11 is 9.41. The van der Waals surface area contributed by atoms with Crippen molar-refractivity contribution in [3.8, 4) is 11.8 Å². The number of anilines is 1. The minimum Gasteiger partial charge on any atom is -0.496 e. The maximum Gasteiger partial charge on any atom is 0.266 e. The number of nitrogens with zero attached hydrogens (tertiary/aromatic N) is 1. The molecule has 0 fully saturated rings. The van der Waals surface area contributed by atoms with Crippen molar-refractivity contribution in [2.75, 3.05) is 12.4 Å². The van der Waals surface area contributed by atoms with Crippen LogP contribution in [0.1, 0.15) is 11.1 Å². The third-order valence-electron chi connectivity index (χ3n) is 3.37. The lowest BCUT2D eigenvalue weighted by molar-refractivity contribution is -0.112. The van der Waals surface area contributed by atoms with E-state index in [1.165, 1.54) is 6.08 Å². The van der Waals surface area contributed by atoms with Crippen LogP contribution in [0.2, 0.25) is 5.02 Å². The standard InChI is InChI=1S/C18H14BrClN2O2/c1-11-15(20)4-3-5-16(11)22-18(23)13(10-21)8-12-6-7-17(24-2)14(19)9-12/h3-9H,1-2H3,(H,22,23)/b13-8+. The van der Waals surface area contributed by atoms with E-state index in [4.69, 9.17) is 16.3 Å². The quantitative estimate of drug-likeness (QED) is 0.577. The molecule has 0 spiro atoms. The number of carbonyl (C=O) groups excluding carboxylic acids is 1. The molecule has 1 N–H and O–H groups in total. The van der Waals surface area contributed by atoms with Crippen molar-refractivity contribution in [2.45, 2.75) is 6.92 Å². The van der Waals surface area contributed by atoms with E-state index in [9.17, 15) is 10.1 Å². The zero-order chi connectivity index (χ0) is 17.7. The van der Waals surface area contributed by atoms with Crippen molar-refractivity contribution < 1.29 is 9.53 Å². The number of ether oxygens (including phenoxy) is 1. The smallest absolute Gasteiger partial charge is 0.266 e. The molecule has 2 aromatic carbocycles. The molecule has 0 saturated carbocycles. The highest BCUT2D eigenvalue weighted by molar-refractivity contribution is 9.10. The first-order valence-electron chi connectivity index (χ1n) is 6.98. The van der Waals surface area contributed by atoms with Crippen molar-refractivity contribution in [2.24, 2.45) is 0 Å². The number of carbonyl (C=O) groups is 1. The number of rotatable bonds is 4. The average Bonchev–Trinajstić information content (AvgIpc) is 2.57. The summed E-state index contributed by atoms with van der Waals surface area (Å²) in [5.74, 6) is 0.180. The molecule has 4 nitrogen and oxygen atoms in total. The Labute approximate surface area is 153 Å². The normalized spacial score (nSPS) is 10.9. The molecule has 2 rings (SSSR count). The second kappa shape index (κ2) is 8.00. The van der Waals surface area contributed by atoms with E-state index in [1.54, 1.807) is 50.4 Å². The van der Waals surface area contributed by atoms with Crippen LogP contribution in [0.5, 0.6) is 5.75 Å². The number of benzene rings is 2. The predicted octanol–water partition coefficient (Wildman–Crippen LogP) is 4.97. The first-order chi connectivity index (χ1) is 11.5. The lowest BCUT2D eigenvalue weighted by Gasteiger charge is -2.09. The van der Waals surface area contributed by atoms with Gasteiger partial charge in [0.1, 0.15) is 17.4 Å². The van der Waals surface area contributed by atoms with Gasteiger partial charge in [-0.25, -0.2) is 0 Å². The summed E-state index contributed by atoms with van der Waals surface area (Å²) in [6.07, 6.45) is 1.51. The summed E-state index contributed by atoms with van der Waals surface area (Å²) in [6, 6.07) is 12.4. The van der Waals surface area contributed by atoms with Gasteiger partial charge in [0.05, 0.1) is 11.6 Å². The van der Waals surface area contributed by atoms with Crippen LogP contribution in [-0.2, 0) is 4.79 Å². The molecule has 0 heterocycles. The van der Waals surface area contributed by atoms with Crippen molar-refractivity contribution in [1.29, 1.82) is 5.26 Å². The van der Waals surface area contributed by atoms with Crippen LogP contribution in [-0.4, -0.2) is 13.0 Å². The number of amides is 1. The van der Waals surface area contributed by atoms with Crippen LogP contribution in [0.4, 0.5) is 5.69 Å². The Kier molecular flexibility index (Phi) is 6.02. The second-order valence-electron chi connectivity index (χ2n) is 4.93. The van der Waals surface area contributed by atoms with Gasteiger partial charge in [0.2, 0.25) is 0 Å². The molecule has 1 amide bonds. The summed E-state index contributed by atoms with van der Waals surface area (Å²) < 4.78 is 5.90. The molecular weight excluding hydrogens is 392 g/mol. The molecule has 0 saturated heterocycles. The molecule has 24 heavy (non-hydrogen) atoms. The zero-order valence-electron chi connectivity index (χ0n) is 13.1. The summed E-state index contributed by atoms with van der Waals surface area (Å²) in [4.78, 5) is 12.3. The summed E-state index contributed by atoms with van der Waals surface area (Å²) in [6.45, 7) is 1.80. The zero-order valence-corrected chi connectivity index (χ0v) is 15.4. The van der Waals surface area contributed by atoms with E-state index >= 15 is 0 Å². The molecule has 0 aliphatic rings. The third-order valence-corrected chi connectivity index (χ3v) is 4.40. The number of methoxy groups -OCH3 is 1. The highest BCUT2D eigenvalue weighted by atomic mass is 79.9. The Morgan fingerprint density at radius 3 is 2.75 bits per heavy atom. The summed E-state index contributed by atoms with van der Waals surface area (Å²) in [5, 5.41) is 12.5. The van der Waals surface area contributed by atoms with Gasteiger partial charge in [0, 0.05) is 10.7 Å². The highest BCUT2D eigenvalue weighted by Crippen LogP contribution is 2.27. The topological polar surface area (TPSA) is 62.1 Å². The van der Waals surface area contributed by atoms with Crippen molar-refractivity contribution in [3.05, 3.63) is 62.6 Å². The molecule has 0 unspecified atom stereocenters. The Hall–Kier alpha value is -2.29. The van der Waals surface area contributed by atoms with E-state index in [1.807, 2.05) is 6.07 Å². The van der Waals surface area contributed by atoms with Crippen LogP contribution in [0.15, 0.2) is 46.4 Å². The Morgan fingerprint density at radius 2 is 2.12 bits per heavy atom. The lowest BCUT2D eigenvalue weighted by atomic mass is 10.1. The SMILES string of the molecule is COc1ccc(/C=C(\C#N)C(=O)Nc2cccc(Cl)c2C)cc1Br. The van der Waals surface area contributed by atoms with Crippen molar-refractivity contribution in [3.63, 3.8) is 0 Å². The largest absolute Gasteiger partial charge is 0.496 e. The maximum absolute atomic E-state index is 12.3. The van der Waals surface area contributed by atoms with E-state index in [-0.39, 0.29) is 5.57 Å². The molecular formula is C18H14BrClN2O2. The monoisotopic (exact) mass is 404 g/mol. The molecule has 122 valence electrons. The first-order valence-corrected chi connectivity index (χ1v) is 8.15. The fourth-order valence-corrected chi connectivity index (χ4v) is 2.75. The van der Waals surface area contributed by atoms with Crippen LogP contribution in [0, 0.1) is 18.3 Å². The summed E-state index contributed by atoms with van der Waals surface area (Å²) in [7, 11) is 1.57. The highest BCUT2D eigenvalue weighted by Gasteiger charge is 2.12. The van der Waals surface area contributed by atoms with Gasteiger partial charge < -0.3 is 10.1 Å². The minimum absolute atomic E-state index is 0.00792. The van der Waals surface area contributed by atoms with E-state index in [2.05, 4.69) is 21.2 Å². The molecule has 0 bridgehead atoms. The van der Waals surface area contributed by atoms with E-state index < -0.39 is 5.91 Å². The molecule has 0 aliphatic heterocycles. The first kappa shape index (κ1) is 18.1. The number of nitriles is 1. The van der Waals surface area contributed by atoms with Gasteiger partial charge in [-0.1, -0.05) is 23.7 Å². The molecule has 0 atom stereocenters. The van der Waals surface area contributed by atoms with Crippen molar-refractivity contribution in [1.82, 2.24) is 0 Å². The Balaban J connectivity index is 2.27. The minimum atomic E-state index is -0.491. The van der Waals surface area contributed by atoms with E-state index in [0.717, 1.165) is 10.0 Å². The second-order valence-corrected chi connectivity index (χ2v) is 6.19. The van der Waals surface area contributed by atoms with Crippen molar-refractivity contribution >= 4 is 45.2 Å². The molecule has 0 aliphatic carbocycles. The molecule has 6 heteroatoms. The number of halogens is 2. The van der Waals surface area contributed by atoms with Crippen LogP contribution < -0.4 is 10.1 Å². The van der Waals surface area contributed by atoms with Gasteiger partial charge in [0.15, 0.2) is 0 Å². The molecule has 0 aromatic heterocycles. The van der Waals surface area contributed by atoms with Gasteiger partial charge in [0.25, 0.3) is 5.91 Å². The average molecular weight is 406 g/mol. The number of hydrogen-bond donors (Lipinski definition) is 1. The van der Waals surface area contributed by atoms with Crippen LogP contribution in [0.25, 0.3) is 6.08 Å². The fraction of sp³-hybridized carbons (Fsp3) is 0.111. The van der Waals surface area contributed by atoms with E-state index in [0.29, 0.717) is 22.0 Å². The van der Waals surface area contributed by atoms with Crippen LogP contribution in [0.3, 0.4) is 0 Å². The predicted molar refractivity (Wildman–Crippen MR) is 99.1 cm³/mol. The third kappa shape index (κ3) is 4.16. The Bertz CT molecular complexity index is 857. The van der Waals surface area contributed by atoms with Crippen LogP contribution >= 0.6 is 27.5 Å². The van der Waals surface area contributed by atoms with Gasteiger partial charge in [-0.05, 0) is 64.3 Å². The maximum atomic E-state index is 12.3. The number of hydrogen-bond acceptors (Lipinski definition) is 3. The number of nitrogens with one attached hydrogen (secondary N) is 1.